The van der Waals surface area contributed by atoms with E-state index in [4.69, 9.17) is 9.84 Å². The van der Waals surface area contributed by atoms with Gasteiger partial charge in [-0.25, -0.2) is 0 Å². The second-order valence-electron chi connectivity index (χ2n) is 6.11. The first-order valence-corrected chi connectivity index (χ1v) is 6.94. The summed E-state index contributed by atoms with van der Waals surface area (Å²) in [4.78, 5) is 14.3. The minimum absolute atomic E-state index is 0.160. The summed E-state index contributed by atoms with van der Waals surface area (Å²) in [5, 5.41) is 9.10. The van der Waals surface area contributed by atoms with Crippen LogP contribution in [0.25, 0.3) is 0 Å². The van der Waals surface area contributed by atoms with E-state index in [2.05, 4.69) is 4.90 Å². The fourth-order valence-electron chi connectivity index (χ4n) is 2.51. The highest BCUT2D eigenvalue weighted by atomic mass is 16.6. The highest BCUT2D eigenvalue weighted by Crippen LogP contribution is 2.23. The maximum absolute atomic E-state index is 12.1. The van der Waals surface area contributed by atoms with E-state index in [0.717, 1.165) is 25.8 Å². The Bertz CT molecular complexity index is 271. The lowest BCUT2D eigenvalue weighted by molar-refractivity contribution is -0.162. The molecule has 106 valence electrons. The topological polar surface area (TPSA) is 49.8 Å². The predicted octanol–water partition coefficient (Wildman–Crippen LogP) is 1.95. The molecular weight excluding hydrogens is 230 g/mol. The third-order valence-corrected chi connectivity index (χ3v) is 3.38. The minimum Gasteiger partial charge on any atom is -0.459 e. The van der Waals surface area contributed by atoms with Crippen LogP contribution < -0.4 is 0 Å². The van der Waals surface area contributed by atoms with Gasteiger partial charge in [-0.05, 0) is 53.5 Å². The van der Waals surface area contributed by atoms with Crippen molar-refractivity contribution in [2.24, 2.45) is 0 Å². The molecule has 1 saturated heterocycles. The fourth-order valence-corrected chi connectivity index (χ4v) is 2.51. The molecule has 1 fully saturated rings. The summed E-state index contributed by atoms with van der Waals surface area (Å²) in [6.45, 7) is 8.67. The van der Waals surface area contributed by atoms with Gasteiger partial charge in [-0.2, -0.15) is 0 Å². The van der Waals surface area contributed by atoms with Gasteiger partial charge in [0.1, 0.15) is 11.6 Å². The van der Waals surface area contributed by atoms with Gasteiger partial charge in [0, 0.05) is 12.6 Å². The van der Waals surface area contributed by atoms with Gasteiger partial charge in [0.2, 0.25) is 0 Å². The number of hydrogen-bond acceptors (Lipinski definition) is 4. The van der Waals surface area contributed by atoms with E-state index in [-0.39, 0.29) is 18.6 Å². The van der Waals surface area contributed by atoms with Crippen molar-refractivity contribution in [2.45, 2.75) is 71.1 Å². The van der Waals surface area contributed by atoms with Gasteiger partial charge in [0.15, 0.2) is 0 Å². The Kier molecular flexibility index (Phi) is 5.60. The molecule has 0 aromatic carbocycles. The van der Waals surface area contributed by atoms with E-state index in [1.54, 1.807) is 0 Å². The zero-order valence-corrected chi connectivity index (χ0v) is 12.1. The van der Waals surface area contributed by atoms with Crippen LogP contribution in [0.1, 0.15) is 53.4 Å². The molecule has 0 saturated carbocycles. The van der Waals surface area contributed by atoms with Crippen molar-refractivity contribution in [2.75, 3.05) is 13.2 Å². The van der Waals surface area contributed by atoms with E-state index in [1.165, 1.54) is 6.42 Å². The first-order valence-electron chi connectivity index (χ1n) is 6.94. The first kappa shape index (κ1) is 15.4. The van der Waals surface area contributed by atoms with Crippen LogP contribution in [0.2, 0.25) is 0 Å². The van der Waals surface area contributed by atoms with Crippen LogP contribution in [-0.4, -0.2) is 46.8 Å². The summed E-state index contributed by atoms with van der Waals surface area (Å²) in [5.74, 6) is -0.160. The van der Waals surface area contributed by atoms with Crippen LogP contribution in [0, 0.1) is 0 Å². The molecule has 1 rings (SSSR count). The highest BCUT2D eigenvalue weighted by molar-refractivity contribution is 5.75. The summed E-state index contributed by atoms with van der Waals surface area (Å²) < 4.78 is 5.44. The van der Waals surface area contributed by atoms with Crippen LogP contribution in [0.5, 0.6) is 0 Å². The Hall–Kier alpha value is -0.610. The molecular formula is C14H27NO3. The number of esters is 1. The van der Waals surface area contributed by atoms with Crippen molar-refractivity contribution >= 4 is 5.97 Å². The Balaban J connectivity index is 2.62. The molecule has 4 nitrogen and oxygen atoms in total. The smallest absolute Gasteiger partial charge is 0.323 e. The lowest BCUT2D eigenvalue weighted by Gasteiger charge is -2.39. The van der Waals surface area contributed by atoms with Crippen LogP contribution >= 0.6 is 0 Å². The average molecular weight is 257 g/mol. The maximum atomic E-state index is 12.1. The number of likely N-dealkylation sites (tertiary alicyclic amines) is 1. The van der Waals surface area contributed by atoms with Crippen LogP contribution in [0.4, 0.5) is 0 Å². The highest BCUT2D eigenvalue weighted by Gasteiger charge is 2.32. The number of ether oxygens (including phenoxy) is 1. The van der Waals surface area contributed by atoms with Crippen molar-refractivity contribution in [3.8, 4) is 0 Å². The van der Waals surface area contributed by atoms with E-state index in [9.17, 15) is 4.79 Å². The molecule has 0 spiro atoms. The Labute approximate surface area is 110 Å². The molecule has 1 aliphatic heterocycles. The summed E-state index contributed by atoms with van der Waals surface area (Å²) >= 11 is 0. The molecule has 0 aliphatic carbocycles. The normalized spacial score (nSPS) is 23.7. The number of aliphatic hydroxyl groups excluding tert-OH is 1. The second kappa shape index (κ2) is 6.53. The maximum Gasteiger partial charge on any atom is 0.323 e. The van der Waals surface area contributed by atoms with Gasteiger partial charge in [-0.1, -0.05) is 6.42 Å². The number of rotatable bonds is 4. The van der Waals surface area contributed by atoms with Crippen LogP contribution in [-0.2, 0) is 9.53 Å². The lowest BCUT2D eigenvalue weighted by Crippen LogP contribution is -2.50. The van der Waals surface area contributed by atoms with E-state index >= 15 is 0 Å². The van der Waals surface area contributed by atoms with Crippen molar-refractivity contribution in [3.63, 3.8) is 0 Å². The molecule has 0 aromatic heterocycles. The summed E-state index contributed by atoms with van der Waals surface area (Å²) in [6, 6.07) is 0.0901. The fraction of sp³-hybridized carbons (Fsp3) is 0.929. The second-order valence-corrected chi connectivity index (χ2v) is 6.11. The van der Waals surface area contributed by atoms with Crippen molar-refractivity contribution in [1.29, 1.82) is 0 Å². The molecule has 2 unspecified atom stereocenters. The largest absolute Gasteiger partial charge is 0.459 e. The molecule has 1 heterocycles. The molecule has 0 radical (unpaired) electrons. The molecule has 1 N–H and O–H groups in total. The Morgan fingerprint density at radius 2 is 2.11 bits per heavy atom. The number of carbonyl (C=O) groups excluding carboxylic acids is 1. The molecule has 4 heteroatoms. The summed E-state index contributed by atoms with van der Waals surface area (Å²) in [6.07, 6.45) is 4.11. The Morgan fingerprint density at radius 1 is 1.44 bits per heavy atom. The van der Waals surface area contributed by atoms with Crippen molar-refractivity contribution < 1.29 is 14.6 Å². The first-order chi connectivity index (χ1) is 8.35. The minimum atomic E-state index is -0.437. The molecule has 2 atom stereocenters. The molecule has 0 aromatic rings. The number of carbonyl (C=O) groups is 1. The molecule has 18 heavy (non-hydrogen) atoms. The monoisotopic (exact) mass is 257 g/mol. The van der Waals surface area contributed by atoms with Gasteiger partial charge >= 0.3 is 5.97 Å². The van der Waals surface area contributed by atoms with E-state index in [0.29, 0.717) is 6.04 Å². The standard InChI is InChI=1S/C14H27NO3/c1-11(13(17)18-14(2,3)4)15-9-6-5-7-12(15)8-10-16/h11-12,16H,5-10H2,1-4H3. The van der Waals surface area contributed by atoms with Crippen molar-refractivity contribution in [3.05, 3.63) is 0 Å². The van der Waals surface area contributed by atoms with Crippen molar-refractivity contribution in [1.82, 2.24) is 4.90 Å². The number of aliphatic hydroxyl groups is 1. The van der Waals surface area contributed by atoms with E-state index < -0.39 is 5.60 Å². The zero-order valence-electron chi connectivity index (χ0n) is 12.1. The SMILES string of the molecule is CC(C(=O)OC(C)(C)C)N1CCCCC1CCO. The van der Waals surface area contributed by atoms with Crippen LogP contribution in [0.15, 0.2) is 0 Å². The quantitative estimate of drug-likeness (QED) is 0.782. The molecule has 0 amide bonds. The van der Waals surface area contributed by atoms with Gasteiger partial charge in [-0.15, -0.1) is 0 Å². The van der Waals surface area contributed by atoms with Gasteiger partial charge in [0.25, 0.3) is 0 Å². The third-order valence-electron chi connectivity index (χ3n) is 3.38. The third kappa shape index (κ3) is 4.58. The van der Waals surface area contributed by atoms with Gasteiger partial charge in [0.05, 0.1) is 0 Å². The van der Waals surface area contributed by atoms with E-state index in [1.807, 2.05) is 27.7 Å². The average Bonchev–Trinajstić information content (AvgIpc) is 2.27. The molecule has 0 bridgehead atoms. The molecule has 1 aliphatic rings. The van der Waals surface area contributed by atoms with Crippen LogP contribution in [0.3, 0.4) is 0 Å². The van der Waals surface area contributed by atoms with Gasteiger partial charge < -0.3 is 9.84 Å². The predicted molar refractivity (Wildman–Crippen MR) is 71.4 cm³/mol. The van der Waals surface area contributed by atoms with Gasteiger partial charge in [-0.3, -0.25) is 9.69 Å². The lowest BCUT2D eigenvalue weighted by atomic mass is 9.97. The zero-order chi connectivity index (χ0) is 13.8. The number of hydrogen-bond donors (Lipinski definition) is 1. The summed E-state index contributed by atoms with van der Waals surface area (Å²) in [5.41, 5.74) is -0.437. The Morgan fingerprint density at radius 3 is 2.67 bits per heavy atom. The number of piperidine rings is 1. The number of nitrogens with zero attached hydrogens (tertiary/aromatic N) is 1. The summed E-state index contributed by atoms with van der Waals surface area (Å²) in [7, 11) is 0.